The molecule has 0 unspecified atom stereocenters. The van der Waals surface area contributed by atoms with Gasteiger partial charge < -0.3 is 4.90 Å². The molecule has 1 aliphatic rings. The third-order valence-corrected chi connectivity index (χ3v) is 7.24. The number of rotatable bonds is 5. The molecule has 2 aromatic carbocycles. The van der Waals surface area contributed by atoms with Crippen LogP contribution in [0.1, 0.15) is 12.8 Å². The van der Waals surface area contributed by atoms with Gasteiger partial charge in [-0.25, -0.2) is 0 Å². The molecule has 1 fully saturated rings. The Kier molecular flexibility index (Phi) is 4.28. The van der Waals surface area contributed by atoms with Crippen molar-refractivity contribution in [2.45, 2.75) is 45.1 Å². The number of aromatic nitrogens is 1. The first-order valence-electron chi connectivity index (χ1n) is 9.62. The quantitative estimate of drug-likeness (QED) is 0.348. The minimum absolute atomic E-state index is 0.993. The van der Waals surface area contributed by atoms with Crippen LogP contribution >= 0.6 is 0 Å². The van der Waals surface area contributed by atoms with Crippen LogP contribution in [0.25, 0.3) is 21.8 Å². The highest BCUT2D eigenvalue weighted by molar-refractivity contribution is 6.76. The maximum Gasteiger partial charge on any atom is 0.215 e. The van der Waals surface area contributed by atoms with E-state index in [1.165, 1.54) is 59.5 Å². The molecule has 0 N–H and O–H groups in total. The maximum absolute atomic E-state index is 2.56. The van der Waals surface area contributed by atoms with Crippen LogP contribution in [0.2, 0.25) is 25.7 Å². The molecule has 2 heterocycles. The molecule has 0 bridgehead atoms. The first-order chi connectivity index (χ1) is 12.0. The van der Waals surface area contributed by atoms with Crippen LogP contribution in [0.15, 0.2) is 48.5 Å². The Morgan fingerprint density at radius 3 is 2.44 bits per heavy atom. The maximum atomic E-state index is 2.56. The molecular formula is C22H29N2Si+. The van der Waals surface area contributed by atoms with Gasteiger partial charge in [-0.2, -0.15) is 4.57 Å². The van der Waals surface area contributed by atoms with Gasteiger partial charge in [0.1, 0.15) is 6.54 Å². The monoisotopic (exact) mass is 349 g/mol. The van der Waals surface area contributed by atoms with Crippen LogP contribution < -0.4 is 9.47 Å². The minimum atomic E-state index is -0.993. The lowest BCUT2D eigenvalue weighted by Gasteiger charge is -2.33. The number of pyridine rings is 1. The molecule has 0 amide bonds. The molecule has 0 radical (unpaired) electrons. The Labute approximate surface area is 152 Å². The van der Waals surface area contributed by atoms with E-state index in [2.05, 4.69) is 77.6 Å². The molecule has 1 aromatic heterocycles. The molecule has 0 spiro atoms. The van der Waals surface area contributed by atoms with Crippen molar-refractivity contribution in [3.05, 3.63) is 48.5 Å². The standard InChI is InChI=1S/C22H29N2Si/c1-25(2,3)16-8-15-24-20-10-5-4-9-18(20)17-19-21(23-13-7-14-23)11-6-12-22(19)24/h4-6,9-12,17H,7-8,13-16H2,1-3H3/q+1. The lowest BCUT2D eigenvalue weighted by molar-refractivity contribution is -0.645. The highest BCUT2D eigenvalue weighted by atomic mass is 28.3. The zero-order chi connectivity index (χ0) is 17.4. The average molecular weight is 350 g/mol. The van der Waals surface area contributed by atoms with E-state index in [-0.39, 0.29) is 0 Å². The van der Waals surface area contributed by atoms with Crippen LogP contribution in [0, 0.1) is 0 Å². The normalized spacial score (nSPS) is 14.9. The summed E-state index contributed by atoms with van der Waals surface area (Å²) in [6, 6.07) is 19.5. The third kappa shape index (κ3) is 3.30. The lowest BCUT2D eigenvalue weighted by Crippen LogP contribution is -2.39. The van der Waals surface area contributed by atoms with E-state index in [4.69, 9.17) is 0 Å². The Balaban J connectivity index is 1.84. The summed E-state index contributed by atoms with van der Waals surface area (Å²) in [4.78, 5) is 2.52. The highest BCUT2D eigenvalue weighted by Gasteiger charge is 2.22. The van der Waals surface area contributed by atoms with Gasteiger partial charge in [-0.05, 0) is 24.6 Å². The predicted molar refractivity (Wildman–Crippen MR) is 111 cm³/mol. The van der Waals surface area contributed by atoms with E-state index in [0.717, 1.165) is 6.54 Å². The Hall–Kier alpha value is -1.87. The third-order valence-electron chi connectivity index (χ3n) is 5.38. The Bertz CT molecular complexity index is 907. The zero-order valence-corrected chi connectivity index (χ0v) is 16.8. The second kappa shape index (κ2) is 6.45. The second-order valence-electron chi connectivity index (χ2n) is 8.57. The molecule has 0 saturated carbocycles. The molecule has 0 atom stereocenters. The van der Waals surface area contributed by atoms with Crippen LogP contribution in [-0.4, -0.2) is 21.2 Å². The van der Waals surface area contributed by atoms with Crippen molar-refractivity contribution in [3.63, 3.8) is 0 Å². The molecule has 4 rings (SSSR count). The summed E-state index contributed by atoms with van der Waals surface area (Å²) >= 11 is 0. The van der Waals surface area contributed by atoms with E-state index >= 15 is 0 Å². The van der Waals surface area contributed by atoms with Gasteiger partial charge in [0.2, 0.25) is 11.0 Å². The highest BCUT2D eigenvalue weighted by Crippen LogP contribution is 2.30. The smallest absolute Gasteiger partial charge is 0.215 e. The van der Waals surface area contributed by atoms with Crippen molar-refractivity contribution in [3.8, 4) is 0 Å². The number of fused-ring (bicyclic) bond motifs is 2. The topological polar surface area (TPSA) is 7.12 Å². The average Bonchev–Trinajstić information content (AvgIpc) is 2.52. The molecule has 3 aromatic rings. The van der Waals surface area contributed by atoms with Crippen LogP contribution in [0.5, 0.6) is 0 Å². The first-order valence-corrected chi connectivity index (χ1v) is 13.3. The fourth-order valence-corrected chi connectivity index (χ4v) is 5.13. The summed E-state index contributed by atoms with van der Waals surface area (Å²) < 4.78 is 2.56. The Morgan fingerprint density at radius 1 is 0.960 bits per heavy atom. The zero-order valence-electron chi connectivity index (χ0n) is 15.8. The van der Waals surface area contributed by atoms with E-state index in [0.29, 0.717) is 0 Å². The molecule has 2 nitrogen and oxygen atoms in total. The second-order valence-corrected chi connectivity index (χ2v) is 14.2. The van der Waals surface area contributed by atoms with Crippen molar-refractivity contribution >= 4 is 35.6 Å². The SMILES string of the molecule is C[Si](C)(C)CCC[n+]1c2ccccc2cc2c(N3CCC3)cccc21. The lowest BCUT2D eigenvalue weighted by atomic mass is 10.1. The van der Waals surface area contributed by atoms with Crippen molar-refractivity contribution in [1.29, 1.82) is 0 Å². The van der Waals surface area contributed by atoms with E-state index in [1.54, 1.807) is 0 Å². The number of hydrogen-bond donors (Lipinski definition) is 0. The van der Waals surface area contributed by atoms with Gasteiger partial charge in [0, 0.05) is 45.1 Å². The molecule has 25 heavy (non-hydrogen) atoms. The van der Waals surface area contributed by atoms with Crippen molar-refractivity contribution in [2.24, 2.45) is 0 Å². The molecule has 1 aliphatic heterocycles. The molecule has 0 aliphatic carbocycles. The van der Waals surface area contributed by atoms with Gasteiger partial charge in [-0.3, -0.25) is 0 Å². The van der Waals surface area contributed by atoms with Gasteiger partial charge in [-0.15, -0.1) is 0 Å². The fraction of sp³-hybridized carbons (Fsp3) is 0.409. The first kappa shape index (κ1) is 16.6. The predicted octanol–water partition coefficient (Wildman–Crippen LogP) is 5.22. The Morgan fingerprint density at radius 2 is 1.72 bits per heavy atom. The van der Waals surface area contributed by atoms with Crippen molar-refractivity contribution in [1.82, 2.24) is 0 Å². The largest absolute Gasteiger partial charge is 0.371 e. The van der Waals surface area contributed by atoms with E-state index < -0.39 is 8.07 Å². The number of hydrogen-bond acceptors (Lipinski definition) is 1. The summed E-state index contributed by atoms with van der Waals surface area (Å²) in [5, 5.41) is 2.77. The number of benzene rings is 2. The number of anilines is 1. The summed E-state index contributed by atoms with van der Waals surface area (Å²) in [6.07, 6.45) is 2.59. The number of aryl methyl sites for hydroxylation is 1. The van der Waals surface area contributed by atoms with Crippen LogP contribution in [0.4, 0.5) is 5.69 Å². The molecule has 130 valence electrons. The molecule has 1 saturated heterocycles. The molecular weight excluding hydrogens is 320 g/mol. The van der Waals surface area contributed by atoms with Crippen molar-refractivity contribution < 1.29 is 4.57 Å². The van der Waals surface area contributed by atoms with Gasteiger partial charge >= 0.3 is 0 Å². The van der Waals surface area contributed by atoms with Gasteiger partial charge in [0.15, 0.2) is 0 Å². The summed E-state index contributed by atoms with van der Waals surface area (Å²) in [5.74, 6) is 0. The molecule has 3 heteroatoms. The van der Waals surface area contributed by atoms with Crippen molar-refractivity contribution in [2.75, 3.05) is 18.0 Å². The van der Waals surface area contributed by atoms with E-state index in [9.17, 15) is 0 Å². The van der Waals surface area contributed by atoms with Crippen LogP contribution in [-0.2, 0) is 6.54 Å². The van der Waals surface area contributed by atoms with Gasteiger partial charge in [0.25, 0.3) is 0 Å². The van der Waals surface area contributed by atoms with Crippen LogP contribution in [0.3, 0.4) is 0 Å². The minimum Gasteiger partial charge on any atom is -0.371 e. The summed E-state index contributed by atoms with van der Waals surface area (Å²) in [7, 11) is -0.993. The fourth-order valence-electron chi connectivity index (χ4n) is 3.91. The number of nitrogens with zero attached hydrogens (tertiary/aromatic N) is 2. The summed E-state index contributed by atoms with van der Waals surface area (Å²) in [6.45, 7) is 10.9. The number of para-hydroxylation sites is 1. The van der Waals surface area contributed by atoms with E-state index in [1.807, 2.05) is 0 Å². The summed E-state index contributed by atoms with van der Waals surface area (Å²) in [5.41, 5.74) is 4.17. The van der Waals surface area contributed by atoms with Gasteiger partial charge in [-0.1, -0.05) is 43.9 Å². The van der Waals surface area contributed by atoms with Gasteiger partial charge in [0.05, 0.1) is 11.1 Å².